The molecule has 0 atom stereocenters. The predicted octanol–water partition coefficient (Wildman–Crippen LogP) is 2.47. The van der Waals surface area contributed by atoms with Gasteiger partial charge in [0.2, 0.25) is 5.91 Å². The zero-order valence-corrected chi connectivity index (χ0v) is 16.0. The van der Waals surface area contributed by atoms with Crippen molar-refractivity contribution in [2.75, 3.05) is 32.7 Å². The standard InChI is InChI=1S/C21H22N2O5/c1-15(24)23-16-7-6-8-18(13-16)28-12-5-4-11-22-21(25)19-10-9-17(26-2)14-20(19)27-3/h6-10,13-14H,11-12H2,1-3H3,(H,22,25)(H,23,24). The lowest BCUT2D eigenvalue weighted by atomic mass is 10.1. The molecule has 0 saturated carbocycles. The number of amides is 2. The van der Waals surface area contributed by atoms with Crippen LogP contribution in [-0.4, -0.2) is 39.2 Å². The number of hydrogen-bond acceptors (Lipinski definition) is 5. The molecule has 0 bridgehead atoms. The van der Waals surface area contributed by atoms with Crippen molar-refractivity contribution in [2.45, 2.75) is 6.92 Å². The summed E-state index contributed by atoms with van der Waals surface area (Å²) in [6.07, 6.45) is 0. The first kappa shape index (κ1) is 20.6. The van der Waals surface area contributed by atoms with E-state index < -0.39 is 0 Å². The van der Waals surface area contributed by atoms with Crippen molar-refractivity contribution in [1.29, 1.82) is 0 Å². The van der Waals surface area contributed by atoms with Crippen molar-refractivity contribution in [1.82, 2.24) is 5.32 Å². The number of anilines is 1. The molecular formula is C21H22N2O5. The average molecular weight is 382 g/mol. The van der Waals surface area contributed by atoms with Crippen LogP contribution in [0.25, 0.3) is 0 Å². The third-order valence-electron chi connectivity index (χ3n) is 3.58. The molecule has 146 valence electrons. The van der Waals surface area contributed by atoms with Crippen LogP contribution >= 0.6 is 0 Å². The molecule has 0 radical (unpaired) electrons. The Kier molecular flexibility index (Phi) is 7.73. The lowest BCUT2D eigenvalue weighted by Crippen LogP contribution is -2.24. The number of carbonyl (C=O) groups is 2. The molecule has 0 aliphatic carbocycles. The Morgan fingerprint density at radius 3 is 2.54 bits per heavy atom. The molecule has 0 heterocycles. The van der Waals surface area contributed by atoms with Crippen LogP contribution in [0, 0.1) is 11.8 Å². The highest BCUT2D eigenvalue weighted by molar-refractivity contribution is 5.97. The van der Waals surface area contributed by atoms with E-state index >= 15 is 0 Å². The van der Waals surface area contributed by atoms with Gasteiger partial charge in [-0.05, 0) is 24.3 Å². The topological polar surface area (TPSA) is 85.9 Å². The maximum absolute atomic E-state index is 12.2. The Morgan fingerprint density at radius 1 is 1.00 bits per heavy atom. The highest BCUT2D eigenvalue weighted by Crippen LogP contribution is 2.24. The van der Waals surface area contributed by atoms with Gasteiger partial charge in [0.1, 0.15) is 23.9 Å². The number of rotatable bonds is 7. The van der Waals surface area contributed by atoms with Crippen molar-refractivity contribution in [2.24, 2.45) is 0 Å². The summed E-state index contributed by atoms with van der Waals surface area (Å²) in [5.41, 5.74) is 1.05. The second kappa shape index (κ2) is 10.5. The van der Waals surface area contributed by atoms with Gasteiger partial charge in [0.25, 0.3) is 5.91 Å². The lowest BCUT2D eigenvalue weighted by molar-refractivity contribution is -0.114. The van der Waals surface area contributed by atoms with Crippen LogP contribution < -0.4 is 24.8 Å². The fraction of sp³-hybridized carbons (Fsp3) is 0.238. The fourth-order valence-corrected chi connectivity index (χ4v) is 2.31. The summed E-state index contributed by atoms with van der Waals surface area (Å²) in [4.78, 5) is 23.3. The van der Waals surface area contributed by atoms with Crippen molar-refractivity contribution < 1.29 is 23.8 Å². The van der Waals surface area contributed by atoms with Gasteiger partial charge in [-0.25, -0.2) is 0 Å². The molecule has 2 aromatic rings. The summed E-state index contributed by atoms with van der Waals surface area (Å²) < 4.78 is 15.8. The molecule has 0 spiro atoms. The van der Waals surface area contributed by atoms with E-state index in [4.69, 9.17) is 14.2 Å². The van der Waals surface area contributed by atoms with Crippen LogP contribution in [0.3, 0.4) is 0 Å². The summed E-state index contributed by atoms with van der Waals surface area (Å²) in [5, 5.41) is 5.38. The van der Waals surface area contributed by atoms with Crippen LogP contribution in [0.1, 0.15) is 17.3 Å². The minimum absolute atomic E-state index is 0.152. The number of hydrogen-bond donors (Lipinski definition) is 2. The van der Waals surface area contributed by atoms with E-state index in [1.165, 1.54) is 14.0 Å². The number of ether oxygens (including phenoxy) is 3. The molecule has 0 unspecified atom stereocenters. The lowest BCUT2D eigenvalue weighted by Gasteiger charge is -2.09. The molecule has 0 saturated heterocycles. The van der Waals surface area contributed by atoms with Crippen LogP contribution in [0.5, 0.6) is 17.2 Å². The predicted molar refractivity (Wildman–Crippen MR) is 106 cm³/mol. The third-order valence-corrected chi connectivity index (χ3v) is 3.58. The minimum atomic E-state index is -0.294. The molecule has 28 heavy (non-hydrogen) atoms. The van der Waals surface area contributed by atoms with Crippen molar-refractivity contribution >= 4 is 17.5 Å². The number of carbonyl (C=O) groups excluding carboxylic acids is 2. The average Bonchev–Trinajstić information content (AvgIpc) is 2.69. The second-order valence-corrected chi connectivity index (χ2v) is 5.60. The van der Waals surface area contributed by atoms with E-state index in [2.05, 4.69) is 22.5 Å². The first-order valence-corrected chi connectivity index (χ1v) is 8.50. The second-order valence-electron chi connectivity index (χ2n) is 5.60. The van der Waals surface area contributed by atoms with Gasteiger partial charge in [0, 0.05) is 24.7 Å². The van der Waals surface area contributed by atoms with E-state index in [0.717, 1.165) is 0 Å². The van der Waals surface area contributed by atoms with Gasteiger partial charge < -0.3 is 24.8 Å². The Hall–Kier alpha value is -3.66. The molecule has 7 nitrogen and oxygen atoms in total. The van der Waals surface area contributed by atoms with Gasteiger partial charge in [-0.2, -0.15) is 0 Å². The fourth-order valence-electron chi connectivity index (χ4n) is 2.31. The van der Waals surface area contributed by atoms with Crippen molar-refractivity contribution in [3.63, 3.8) is 0 Å². The number of nitrogens with one attached hydrogen (secondary N) is 2. The molecule has 0 aliphatic heterocycles. The summed E-state index contributed by atoms with van der Waals surface area (Å²) in [7, 11) is 3.03. The van der Waals surface area contributed by atoms with E-state index in [1.54, 1.807) is 49.6 Å². The third kappa shape index (κ3) is 6.25. The molecule has 0 fully saturated rings. The Balaban J connectivity index is 1.82. The molecule has 7 heteroatoms. The molecule has 2 amide bonds. The molecule has 2 aromatic carbocycles. The van der Waals surface area contributed by atoms with E-state index in [9.17, 15) is 9.59 Å². The molecule has 2 rings (SSSR count). The van der Waals surface area contributed by atoms with Crippen molar-refractivity contribution in [3.05, 3.63) is 48.0 Å². The zero-order valence-electron chi connectivity index (χ0n) is 16.0. The Labute approximate surface area is 164 Å². The molecule has 0 aliphatic rings. The van der Waals surface area contributed by atoms with Crippen LogP contribution in [0.4, 0.5) is 5.69 Å². The first-order chi connectivity index (χ1) is 13.5. The summed E-state index contributed by atoms with van der Waals surface area (Å²) >= 11 is 0. The minimum Gasteiger partial charge on any atom is -0.497 e. The smallest absolute Gasteiger partial charge is 0.255 e. The van der Waals surface area contributed by atoms with Gasteiger partial charge in [-0.15, -0.1) is 0 Å². The quantitative estimate of drug-likeness (QED) is 0.719. The van der Waals surface area contributed by atoms with Gasteiger partial charge in [0.05, 0.1) is 26.3 Å². The van der Waals surface area contributed by atoms with Gasteiger partial charge in [0.15, 0.2) is 0 Å². The van der Waals surface area contributed by atoms with Crippen LogP contribution in [0.2, 0.25) is 0 Å². The Bertz CT molecular complexity index is 899. The largest absolute Gasteiger partial charge is 0.497 e. The maximum atomic E-state index is 12.2. The highest BCUT2D eigenvalue weighted by Gasteiger charge is 2.12. The van der Waals surface area contributed by atoms with Gasteiger partial charge in [-0.1, -0.05) is 17.9 Å². The first-order valence-electron chi connectivity index (χ1n) is 8.50. The van der Waals surface area contributed by atoms with Crippen LogP contribution in [0.15, 0.2) is 42.5 Å². The van der Waals surface area contributed by atoms with E-state index in [0.29, 0.717) is 28.5 Å². The number of methoxy groups -OCH3 is 2. The summed E-state index contributed by atoms with van der Waals surface area (Å²) in [6, 6.07) is 12.0. The molecular weight excluding hydrogens is 360 g/mol. The summed E-state index contributed by atoms with van der Waals surface area (Å²) in [6.45, 7) is 1.77. The molecule has 0 aromatic heterocycles. The SMILES string of the molecule is COc1ccc(C(=O)NCC#CCOc2cccc(NC(C)=O)c2)c(OC)c1. The summed E-state index contributed by atoms with van der Waals surface area (Å²) in [5.74, 6) is 6.82. The maximum Gasteiger partial charge on any atom is 0.255 e. The highest BCUT2D eigenvalue weighted by atomic mass is 16.5. The zero-order chi connectivity index (χ0) is 20.4. The number of benzene rings is 2. The molecule has 2 N–H and O–H groups in total. The monoisotopic (exact) mass is 382 g/mol. The van der Waals surface area contributed by atoms with Gasteiger partial charge in [-0.3, -0.25) is 9.59 Å². The normalized spacial score (nSPS) is 9.54. The van der Waals surface area contributed by atoms with E-state index in [1.807, 2.05) is 0 Å². The van der Waals surface area contributed by atoms with Gasteiger partial charge >= 0.3 is 0 Å². The van der Waals surface area contributed by atoms with Crippen molar-refractivity contribution in [3.8, 4) is 29.1 Å². The van der Waals surface area contributed by atoms with E-state index in [-0.39, 0.29) is 25.0 Å². The Morgan fingerprint density at radius 2 is 1.82 bits per heavy atom. The van der Waals surface area contributed by atoms with Crippen LogP contribution in [-0.2, 0) is 4.79 Å².